The topological polar surface area (TPSA) is 24.3 Å². The molecule has 1 aliphatic heterocycles. The first-order chi connectivity index (χ1) is 6.20. The summed E-state index contributed by atoms with van der Waals surface area (Å²) in [5, 5.41) is 0. The van der Waals surface area contributed by atoms with Crippen molar-refractivity contribution in [3.63, 3.8) is 0 Å². The predicted molar refractivity (Wildman–Crippen MR) is 52.9 cm³/mol. The van der Waals surface area contributed by atoms with Crippen LogP contribution in [0.15, 0.2) is 35.8 Å². The molecule has 1 rings (SSSR count). The van der Waals surface area contributed by atoms with Crippen LogP contribution in [0.4, 0.5) is 0 Å². The lowest BCUT2D eigenvalue weighted by atomic mass is 10.2. The van der Waals surface area contributed by atoms with Crippen molar-refractivity contribution >= 4 is 6.21 Å². The third-order valence-corrected chi connectivity index (χ3v) is 1.92. The zero-order chi connectivity index (χ0) is 9.84. The summed E-state index contributed by atoms with van der Waals surface area (Å²) < 4.78 is 1.74. The van der Waals surface area contributed by atoms with Gasteiger partial charge in [0.1, 0.15) is 0 Å². The zero-order valence-corrected chi connectivity index (χ0v) is 8.29. The van der Waals surface area contributed by atoms with Crippen molar-refractivity contribution in [2.45, 2.75) is 20.8 Å². The SMILES string of the molecule is C=C1C(C)=C(C=CC)ON[N+]1=CC. The fraction of sp³-hybridized carbons (Fsp3) is 0.300. The smallest absolute Gasteiger partial charge is 0.237 e. The minimum atomic E-state index is 0.811. The summed E-state index contributed by atoms with van der Waals surface area (Å²) >= 11 is 0. The van der Waals surface area contributed by atoms with Gasteiger partial charge in [0.05, 0.1) is 5.57 Å². The van der Waals surface area contributed by atoms with E-state index in [0.717, 1.165) is 17.0 Å². The Hall–Kier alpha value is -1.51. The zero-order valence-electron chi connectivity index (χ0n) is 8.29. The Balaban J connectivity index is 3.02. The highest BCUT2D eigenvalue weighted by Gasteiger charge is 2.22. The van der Waals surface area contributed by atoms with Gasteiger partial charge >= 0.3 is 0 Å². The summed E-state index contributed by atoms with van der Waals surface area (Å²) in [6.45, 7) is 9.78. The molecule has 0 spiro atoms. The van der Waals surface area contributed by atoms with E-state index in [1.165, 1.54) is 0 Å². The number of rotatable bonds is 1. The summed E-state index contributed by atoms with van der Waals surface area (Å²) in [4.78, 5) is 5.28. The van der Waals surface area contributed by atoms with Crippen molar-refractivity contribution in [2.24, 2.45) is 0 Å². The summed E-state index contributed by atoms with van der Waals surface area (Å²) in [5.74, 6) is 0.811. The normalized spacial score (nSPS) is 20.8. The van der Waals surface area contributed by atoms with Gasteiger partial charge in [-0.05, 0) is 32.1 Å². The third-order valence-electron chi connectivity index (χ3n) is 1.92. The first-order valence-electron chi connectivity index (χ1n) is 4.24. The number of allylic oxidation sites excluding steroid dienone is 3. The average molecular weight is 179 g/mol. The molecule has 0 aliphatic carbocycles. The first kappa shape index (κ1) is 9.58. The van der Waals surface area contributed by atoms with Gasteiger partial charge in [0.2, 0.25) is 5.70 Å². The number of hydrogen-bond donors (Lipinski definition) is 1. The molecule has 13 heavy (non-hydrogen) atoms. The minimum Gasteiger partial charge on any atom is -0.334 e. The Morgan fingerprint density at radius 2 is 2.15 bits per heavy atom. The fourth-order valence-electron chi connectivity index (χ4n) is 1.07. The molecule has 0 aromatic carbocycles. The van der Waals surface area contributed by atoms with Gasteiger partial charge in [-0.1, -0.05) is 10.8 Å². The van der Waals surface area contributed by atoms with Crippen LogP contribution in [0.5, 0.6) is 0 Å². The van der Waals surface area contributed by atoms with Gasteiger partial charge in [-0.2, -0.15) is 0 Å². The monoisotopic (exact) mass is 179 g/mol. The van der Waals surface area contributed by atoms with Gasteiger partial charge in [0, 0.05) is 6.92 Å². The largest absolute Gasteiger partial charge is 0.334 e. The van der Waals surface area contributed by atoms with Crippen LogP contribution < -0.4 is 5.59 Å². The van der Waals surface area contributed by atoms with E-state index >= 15 is 0 Å². The lowest BCUT2D eigenvalue weighted by Crippen LogP contribution is -2.33. The van der Waals surface area contributed by atoms with Crippen LogP contribution in [0.25, 0.3) is 0 Å². The highest BCUT2D eigenvalue weighted by Crippen LogP contribution is 2.18. The second kappa shape index (κ2) is 3.94. The minimum absolute atomic E-state index is 0.811. The van der Waals surface area contributed by atoms with Gasteiger partial charge in [-0.3, -0.25) is 0 Å². The lowest BCUT2D eigenvalue weighted by molar-refractivity contribution is -0.597. The van der Waals surface area contributed by atoms with Crippen LogP contribution in [0.1, 0.15) is 20.8 Å². The first-order valence-corrected chi connectivity index (χ1v) is 4.24. The van der Waals surface area contributed by atoms with Crippen LogP contribution in [-0.4, -0.2) is 10.9 Å². The van der Waals surface area contributed by atoms with Crippen molar-refractivity contribution < 1.29 is 9.52 Å². The molecule has 1 N–H and O–H groups in total. The molecule has 3 nitrogen and oxygen atoms in total. The van der Waals surface area contributed by atoms with Crippen molar-refractivity contribution in [2.75, 3.05) is 0 Å². The number of hydrogen-bond acceptors (Lipinski definition) is 2. The molecule has 1 heterocycles. The van der Waals surface area contributed by atoms with E-state index in [4.69, 9.17) is 4.84 Å². The average Bonchev–Trinajstić information content (AvgIpc) is 2.14. The van der Waals surface area contributed by atoms with Gasteiger partial charge in [0.15, 0.2) is 12.0 Å². The van der Waals surface area contributed by atoms with Crippen molar-refractivity contribution in [1.82, 2.24) is 5.59 Å². The molecule has 70 valence electrons. The van der Waals surface area contributed by atoms with E-state index in [-0.39, 0.29) is 0 Å². The quantitative estimate of drug-likeness (QED) is 0.622. The molecule has 0 fully saturated rings. The Kier molecular flexibility index (Phi) is 2.90. The second-order valence-corrected chi connectivity index (χ2v) is 2.76. The molecular weight excluding hydrogens is 164 g/mol. The summed E-state index contributed by atoms with van der Waals surface area (Å²) in [6, 6.07) is 0. The van der Waals surface area contributed by atoms with Crippen LogP contribution in [-0.2, 0) is 4.84 Å². The van der Waals surface area contributed by atoms with Gasteiger partial charge in [-0.15, -0.1) is 0 Å². The summed E-state index contributed by atoms with van der Waals surface area (Å²) in [5.41, 5.74) is 4.69. The molecule has 0 saturated heterocycles. The molecule has 1 aliphatic rings. The fourth-order valence-corrected chi connectivity index (χ4v) is 1.07. The molecule has 0 amide bonds. The van der Waals surface area contributed by atoms with Crippen LogP contribution in [0.3, 0.4) is 0 Å². The highest BCUT2D eigenvalue weighted by molar-refractivity contribution is 5.48. The molecule has 0 atom stereocenters. The maximum Gasteiger partial charge on any atom is 0.237 e. The Labute approximate surface area is 78.6 Å². The second-order valence-electron chi connectivity index (χ2n) is 2.76. The van der Waals surface area contributed by atoms with Gasteiger partial charge in [-0.25, -0.2) is 0 Å². The van der Waals surface area contributed by atoms with Crippen LogP contribution in [0.2, 0.25) is 0 Å². The lowest BCUT2D eigenvalue weighted by Gasteiger charge is -2.15. The third kappa shape index (κ3) is 1.80. The summed E-state index contributed by atoms with van der Waals surface area (Å²) in [6.07, 6.45) is 5.69. The van der Waals surface area contributed by atoms with E-state index in [0.29, 0.717) is 0 Å². The van der Waals surface area contributed by atoms with E-state index in [1.54, 1.807) is 4.68 Å². The molecule has 3 heteroatoms. The molecule has 0 aromatic heterocycles. The Bertz CT molecular complexity index is 311. The Morgan fingerprint density at radius 3 is 2.69 bits per heavy atom. The summed E-state index contributed by atoms with van der Waals surface area (Å²) in [7, 11) is 0. The van der Waals surface area contributed by atoms with Gasteiger partial charge < -0.3 is 4.84 Å². The van der Waals surface area contributed by atoms with Crippen LogP contribution >= 0.6 is 0 Å². The van der Waals surface area contributed by atoms with E-state index < -0.39 is 0 Å². The maximum atomic E-state index is 5.28. The maximum absolute atomic E-state index is 5.28. The molecule has 0 unspecified atom stereocenters. The van der Waals surface area contributed by atoms with Gasteiger partial charge in [0.25, 0.3) is 0 Å². The van der Waals surface area contributed by atoms with Crippen molar-refractivity contribution in [3.05, 3.63) is 35.8 Å². The van der Waals surface area contributed by atoms with E-state index in [9.17, 15) is 0 Å². The molecule has 0 saturated carbocycles. The Morgan fingerprint density at radius 1 is 1.46 bits per heavy atom. The van der Waals surface area contributed by atoms with E-state index in [2.05, 4.69) is 12.2 Å². The number of nitrogens with one attached hydrogen (secondary N) is 1. The number of nitrogens with zero attached hydrogens (tertiary/aromatic N) is 1. The number of hydrazone groups is 1. The molecule has 0 bridgehead atoms. The molecular formula is C10H15N2O+. The van der Waals surface area contributed by atoms with E-state index in [1.807, 2.05) is 39.1 Å². The van der Waals surface area contributed by atoms with Crippen molar-refractivity contribution in [3.8, 4) is 0 Å². The highest BCUT2D eigenvalue weighted by atomic mass is 16.7. The molecule has 0 aromatic rings. The standard InChI is InChI=1S/C10H15N2O/c1-5-7-10-8(3)9(4)12(6-2)11-13-10/h5-7,11H,4H2,1-3H3/q+1. The predicted octanol–water partition coefficient (Wildman–Crippen LogP) is 1.90. The molecule has 0 radical (unpaired) electrons. The van der Waals surface area contributed by atoms with Crippen LogP contribution in [0, 0.1) is 0 Å². The van der Waals surface area contributed by atoms with Crippen molar-refractivity contribution in [1.29, 1.82) is 0 Å². The number of hydrazine groups is 1.